The minimum Gasteiger partial charge on any atom is -0.351 e. The molecule has 1 saturated carbocycles. The van der Waals surface area contributed by atoms with E-state index in [9.17, 15) is 22.8 Å². The maximum absolute atomic E-state index is 13.6. The van der Waals surface area contributed by atoms with Crippen molar-refractivity contribution in [2.24, 2.45) is 5.92 Å². The largest absolute Gasteiger partial charge is 0.421 e. The second-order valence-corrected chi connectivity index (χ2v) is 7.69. The van der Waals surface area contributed by atoms with E-state index < -0.39 is 23.5 Å². The molecule has 0 unspecified atom stereocenters. The van der Waals surface area contributed by atoms with Crippen molar-refractivity contribution in [1.82, 2.24) is 15.4 Å². The summed E-state index contributed by atoms with van der Waals surface area (Å²) in [6, 6.07) is 6.07. The molecule has 1 aromatic carbocycles. The van der Waals surface area contributed by atoms with Crippen LogP contribution in [0.4, 0.5) is 36.3 Å². The van der Waals surface area contributed by atoms with Crippen LogP contribution in [-0.4, -0.2) is 34.9 Å². The Hall–Kier alpha value is -3.67. The van der Waals surface area contributed by atoms with Gasteiger partial charge in [0.25, 0.3) is 0 Å². The van der Waals surface area contributed by atoms with Gasteiger partial charge in [-0.15, -0.1) is 0 Å². The number of nitrogens with zero attached hydrogens (tertiary/aromatic N) is 2. The molecule has 1 aliphatic rings. The molecule has 0 bridgehead atoms. The molecule has 182 valence electrons. The molecular formula is C22H25F3N6O3. The molecule has 9 nitrogen and oxygen atoms in total. The van der Waals surface area contributed by atoms with Crippen molar-refractivity contribution in [2.75, 3.05) is 23.1 Å². The third kappa shape index (κ3) is 6.44. The van der Waals surface area contributed by atoms with Crippen LogP contribution in [0.1, 0.15) is 31.2 Å². The zero-order chi connectivity index (χ0) is 24.7. The molecule has 34 heavy (non-hydrogen) atoms. The molecule has 1 heterocycles. The summed E-state index contributed by atoms with van der Waals surface area (Å²) in [5.41, 5.74) is 1.72. The van der Waals surface area contributed by atoms with Gasteiger partial charge < -0.3 is 16.0 Å². The van der Waals surface area contributed by atoms with E-state index in [4.69, 9.17) is 0 Å². The highest BCUT2D eigenvalue weighted by Crippen LogP contribution is 2.36. The Morgan fingerprint density at radius 2 is 1.94 bits per heavy atom. The lowest BCUT2D eigenvalue weighted by Gasteiger charge is -2.29. The van der Waals surface area contributed by atoms with Crippen LogP contribution in [0.2, 0.25) is 0 Å². The van der Waals surface area contributed by atoms with Gasteiger partial charge in [-0.1, -0.05) is 25.1 Å². The van der Waals surface area contributed by atoms with Crippen LogP contribution in [0, 0.1) is 5.92 Å². The molecule has 2 amide bonds. The van der Waals surface area contributed by atoms with Crippen molar-refractivity contribution in [3.05, 3.63) is 48.7 Å². The first-order chi connectivity index (χ1) is 16.2. The van der Waals surface area contributed by atoms with E-state index in [-0.39, 0.29) is 35.2 Å². The molecule has 0 radical (unpaired) electrons. The highest BCUT2D eigenvalue weighted by Gasteiger charge is 2.36. The molecule has 1 aliphatic carbocycles. The number of rotatable bonds is 8. The van der Waals surface area contributed by atoms with E-state index >= 15 is 0 Å². The highest BCUT2D eigenvalue weighted by atomic mass is 19.4. The van der Waals surface area contributed by atoms with Crippen LogP contribution < -0.4 is 21.4 Å². The number of para-hydroxylation sites is 2. The number of hydroxylamine groups is 1. The maximum atomic E-state index is 13.6. The van der Waals surface area contributed by atoms with E-state index in [1.54, 1.807) is 12.1 Å². The number of anilines is 4. The fraction of sp³-hybridized carbons (Fsp3) is 0.364. The summed E-state index contributed by atoms with van der Waals surface area (Å²) in [7, 11) is 1.35. The zero-order valence-corrected chi connectivity index (χ0v) is 18.4. The fourth-order valence-corrected chi connectivity index (χ4v) is 3.69. The van der Waals surface area contributed by atoms with Gasteiger partial charge in [-0.3, -0.25) is 14.4 Å². The van der Waals surface area contributed by atoms with Gasteiger partial charge >= 0.3 is 6.18 Å². The van der Waals surface area contributed by atoms with Crippen molar-refractivity contribution in [1.29, 1.82) is 0 Å². The standard InChI is InChI=1S/C22H25F3N6O3/c1-3-18(32)28-16-9-4-5-10-17(16)29-19-15(22(23,24)25)12-26-21(30-19)27-14-8-6-7-13(11-14)20(33)31-34-2/h3-5,9-10,12-14H,1,6-8,11H2,2H3,(H,28,32)(H,31,33)(H2,26,27,29,30)/t13-,14+/m1/s1. The van der Waals surface area contributed by atoms with Gasteiger partial charge in [0, 0.05) is 18.2 Å². The summed E-state index contributed by atoms with van der Waals surface area (Å²) in [6.45, 7) is 3.37. The number of nitrogens with one attached hydrogen (secondary N) is 4. The van der Waals surface area contributed by atoms with Gasteiger partial charge in [0.15, 0.2) is 0 Å². The molecule has 3 rings (SSSR count). The fourth-order valence-electron chi connectivity index (χ4n) is 3.69. The van der Waals surface area contributed by atoms with Crippen LogP contribution in [0.25, 0.3) is 0 Å². The smallest absolute Gasteiger partial charge is 0.351 e. The summed E-state index contributed by atoms with van der Waals surface area (Å²) < 4.78 is 40.9. The summed E-state index contributed by atoms with van der Waals surface area (Å²) in [5.74, 6) is -1.54. The van der Waals surface area contributed by atoms with Crippen LogP contribution in [0.15, 0.2) is 43.1 Å². The van der Waals surface area contributed by atoms with E-state index in [1.807, 2.05) is 0 Å². The topological polar surface area (TPSA) is 117 Å². The number of alkyl halides is 3. The SMILES string of the molecule is C=CC(=O)Nc1ccccc1Nc1nc(N[C@H]2CCC[C@@H](C(=O)NOC)C2)ncc1C(F)(F)F. The second-order valence-electron chi connectivity index (χ2n) is 7.69. The third-order valence-electron chi connectivity index (χ3n) is 5.30. The molecule has 4 N–H and O–H groups in total. The quantitative estimate of drug-likeness (QED) is 0.335. The second kappa shape index (κ2) is 11.0. The molecule has 2 aromatic rings. The summed E-state index contributed by atoms with van der Waals surface area (Å²) in [6.07, 6.45) is -0.369. The Morgan fingerprint density at radius 1 is 1.21 bits per heavy atom. The van der Waals surface area contributed by atoms with Gasteiger partial charge in [0.1, 0.15) is 11.4 Å². The minimum atomic E-state index is -4.71. The van der Waals surface area contributed by atoms with Gasteiger partial charge in [-0.25, -0.2) is 10.5 Å². The minimum absolute atomic E-state index is 0.0130. The molecule has 0 saturated heterocycles. The van der Waals surface area contributed by atoms with Crippen molar-refractivity contribution < 1.29 is 27.6 Å². The van der Waals surface area contributed by atoms with Crippen molar-refractivity contribution in [3.8, 4) is 0 Å². The van der Waals surface area contributed by atoms with Crippen LogP contribution in [-0.2, 0) is 20.6 Å². The van der Waals surface area contributed by atoms with Crippen LogP contribution in [0.3, 0.4) is 0 Å². The van der Waals surface area contributed by atoms with Crippen LogP contribution >= 0.6 is 0 Å². The molecule has 1 aromatic heterocycles. The average Bonchev–Trinajstić information content (AvgIpc) is 2.80. The molecule has 0 spiro atoms. The molecule has 0 aliphatic heterocycles. The first-order valence-corrected chi connectivity index (χ1v) is 10.5. The Kier molecular flexibility index (Phi) is 8.05. The zero-order valence-electron chi connectivity index (χ0n) is 18.4. The Balaban J connectivity index is 1.85. The monoisotopic (exact) mass is 478 g/mol. The van der Waals surface area contributed by atoms with E-state index in [0.29, 0.717) is 25.5 Å². The van der Waals surface area contributed by atoms with Crippen molar-refractivity contribution in [3.63, 3.8) is 0 Å². The number of hydrogen-bond acceptors (Lipinski definition) is 7. The summed E-state index contributed by atoms with van der Waals surface area (Å²) in [5, 5.41) is 8.23. The van der Waals surface area contributed by atoms with Gasteiger partial charge in [0.05, 0.1) is 18.5 Å². The number of halogens is 3. The van der Waals surface area contributed by atoms with Crippen molar-refractivity contribution in [2.45, 2.75) is 37.9 Å². The highest BCUT2D eigenvalue weighted by molar-refractivity contribution is 6.01. The lowest BCUT2D eigenvalue weighted by atomic mass is 9.85. The molecule has 1 fully saturated rings. The first kappa shape index (κ1) is 25.0. The number of amides is 2. The molecule has 12 heteroatoms. The Bertz CT molecular complexity index is 1050. The van der Waals surface area contributed by atoms with Crippen molar-refractivity contribution >= 4 is 35.0 Å². The lowest BCUT2D eigenvalue weighted by Crippen LogP contribution is -2.37. The number of aromatic nitrogens is 2. The normalized spacial score (nSPS) is 18.0. The maximum Gasteiger partial charge on any atom is 0.421 e. The number of benzene rings is 1. The van der Waals surface area contributed by atoms with E-state index in [2.05, 4.69) is 42.8 Å². The first-order valence-electron chi connectivity index (χ1n) is 10.5. The van der Waals surface area contributed by atoms with E-state index in [1.165, 1.54) is 19.2 Å². The van der Waals surface area contributed by atoms with Crippen LogP contribution in [0.5, 0.6) is 0 Å². The van der Waals surface area contributed by atoms with Gasteiger partial charge in [0.2, 0.25) is 17.8 Å². The van der Waals surface area contributed by atoms with Gasteiger partial charge in [-0.05, 0) is 37.5 Å². The summed E-state index contributed by atoms with van der Waals surface area (Å²) >= 11 is 0. The predicted octanol–water partition coefficient (Wildman–Crippen LogP) is 4.01. The lowest BCUT2D eigenvalue weighted by molar-refractivity contribution is -0.137. The Morgan fingerprint density at radius 3 is 2.62 bits per heavy atom. The number of carbonyl (C=O) groups is 2. The predicted molar refractivity (Wildman–Crippen MR) is 120 cm³/mol. The Labute approximate surface area is 194 Å². The number of hydrogen-bond donors (Lipinski definition) is 4. The third-order valence-corrected chi connectivity index (χ3v) is 5.30. The van der Waals surface area contributed by atoms with Gasteiger partial charge in [-0.2, -0.15) is 18.2 Å². The summed E-state index contributed by atoms with van der Waals surface area (Å²) in [4.78, 5) is 36.3. The number of carbonyl (C=O) groups excluding carboxylic acids is 2. The van der Waals surface area contributed by atoms with E-state index in [0.717, 1.165) is 12.5 Å². The molecular weight excluding hydrogens is 453 g/mol. The average molecular weight is 478 g/mol. The molecule has 2 atom stereocenters.